The number of hydrogen-bond donors (Lipinski definition) is 2. The van der Waals surface area contributed by atoms with Crippen molar-refractivity contribution in [2.75, 3.05) is 5.32 Å². The van der Waals surface area contributed by atoms with Gasteiger partial charge in [0.1, 0.15) is 5.01 Å². The van der Waals surface area contributed by atoms with E-state index in [2.05, 4.69) is 27.2 Å². The Hall–Kier alpha value is -2.45. The maximum Gasteiger partial charge on any atom is 0.251 e. The van der Waals surface area contributed by atoms with E-state index in [1.807, 2.05) is 36.6 Å². The summed E-state index contributed by atoms with van der Waals surface area (Å²) in [6.45, 7) is 4.02. The van der Waals surface area contributed by atoms with Crippen LogP contribution in [0.4, 0.5) is 5.69 Å². The number of carbonyl (C=O) groups is 1. The van der Waals surface area contributed by atoms with Crippen molar-refractivity contribution < 1.29 is 4.79 Å². The van der Waals surface area contributed by atoms with Crippen LogP contribution >= 0.6 is 23.1 Å². The molecule has 3 aromatic rings. The third kappa shape index (κ3) is 5.77. The molecule has 0 fully saturated rings. The van der Waals surface area contributed by atoms with Crippen LogP contribution < -0.4 is 10.9 Å². The average Bonchev–Trinajstić information content (AvgIpc) is 3.09. The zero-order valence-corrected chi connectivity index (χ0v) is 17.5. The maximum atomic E-state index is 12.3. The first-order valence-electron chi connectivity index (χ1n) is 9.05. The van der Waals surface area contributed by atoms with Gasteiger partial charge in [-0.1, -0.05) is 43.3 Å². The molecule has 2 heterocycles. The van der Waals surface area contributed by atoms with Crippen molar-refractivity contribution in [3.63, 3.8) is 0 Å². The van der Waals surface area contributed by atoms with Gasteiger partial charge >= 0.3 is 0 Å². The number of thioether (sulfide) groups is 1. The molecule has 8 heteroatoms. The molecule has 146 valence electrons. The molecule has 0 radical (unpaired) electrons. The van der Waals surface area contributed by atoms with Crippen LogP contribution in [0.5, 0.6) is 0 Å². The number of nitrogens with one attached hydrogen (secondary N) is 2. The summed E-state index contributed by atoms with van der Waals surface area (Å²) in [6.07, 6.45) is 1.97. The van der Waals surface area contributed by atoms with Crippen molar-refractivity contribution in [3.8, 4) is 0 Å². The van der Waals surface area contributed by atoms with Crippen LogP contribution in [-0.2, 0) is 23.4 Å². The van der Waals surface area contributed by atoms with Crippen molar-refractivity contribution >= 4 is 34.7 Å². The number of aromatic amines is 1. The van der Waals surface area contributed by atoms with E-state index < -0.39 is 0 Å². The standard InChI is InChI=1S/C20H22N4O2S2/c1-3-6-14-9-17(25)24-20(22-14)28-12-15-11-27-19(21-15)10-18(26)23-16-8-5-4-7-13(16)2/h4-5,7-9,11H,3,6,10,12H2,1-2H3,(H,23,26)(H,22,24,25). The van der Waals surface area contributed by atoms with Crippen LogP contribution in [0, 0.1) is 6.92 Å². The molecule has 0 unspecified atom stereocenters. The Balaban J connectivity index is 1.56. The molecule has 6 nitrogen and oxygen atoms in total. The summed E-state index contributed by atoms with van der Waals surface area (Å²) in [5.41, 5.74) is 3.39. The smallest absolute Gasteiger partial charge is 0.251 e. The molecular weight excluding hydrogens is 392 g/mol. The minimum atomic E-state index is -0.132. The van der Waals surface area contributed by atoms with Gasteiger partial charge in [0, 0.05) is 28.6 Å². The lowest BCUT2D eigenvalue weighted by atomic mass is 10.2. The number of amides is 1. The Bertz CT molecular complexity index is 1010. The molecule has 0 atom stereocenters. The molecule has 0 bridgehead atoms. The van der Waals surface area contributed by atoms with Crippen molar-refractivity contribution in [2.24, 2.45) is 0 Å². The molecule has 1 aromatic carbocycles. The van der Waals surface area contributed by atoms with E-state index in [0.717, 1.165) is 40.5 Å². The highest BCUT2D eigenvalue weighted by atomic mass is 32.2. The fraction of sp³-hybridized carbons (Fsp3) is 0.300. The number of anilines is 1. The van der Waals surface area contributed by atoms with Gasteiger partial charge in [0.25, 0.3) is 5.56 Å². The fourth-order valence-electron chi connectivity index (χ4n) is 2.62. The minimum Gasteiger partial charge on any atom is -0.325 e. The lowest BCUT2D eigenvalue weighted by Gasteiger charge is -2.06. The van der Waals surface area contributed by atoms with E-state index in [0.29, 0.717) is 10.9 Å². The van der Waals surface area contributed by atoms with Crippen molar-refractivity contribution in [2.45, 2.75) is 44.0 Å². The molecule has 0 aliphatic rings. The number of H-pyrrole nitrogens is 1. The largest absolute Gasteiger partial charge is 0.325 e. The molecular formula is C20H22N4O2S2. The van der Waals surface area contributed by atoms with Crippen LogP contribution in [-0.4, -0.2) is 20.9 Å². The molecule has 2 N–H and O–H groups in total. The molecule has 1 amide bonds. The molecule has 0 aliphatic carbocycles. The zero-order valence-electron chi connectivity index (χ0n) is 15.8. The third-order valence-corrected chi connectivity index (χ3v) is 5.77. The molecule has 28 heavy (non-hydrogen) atoms. The number of hydrogen-bond acceptors (Lipinski definition) is 6. The Morgan fingerprint density at radius 1 is 1.25 bits per heavy atom. The second kappa shape index (κ2) is 9.66. The average molecular weight is 415 g/mol. The van der Waals surface area contributed by atoms with E-state index in [9.17, 15) is 9.59 Å². The Labute approximate surface area is 171 Å². The van der Waals surface area contributed by atoms with E-state index in [4.69, 9.17) is 0 Å². The van der Waals surface area contributed by atoms with E-state index >= 15 is 0 Å². The van der Waals surface area contributed by atoms with Gasteiger partial charge in [0.05, 0.1) is 12.1 Å². The van der Waals surface area contributed by atoms with E-state index in [-0.39, 0.29) is 17.9 Å². The van der Waals surface area contributed by atoms with Gasteiger partial charge in [-0.3, -0.25) is 9.59 Å². The summed E-state index contributed by atoms with van der Waals surface area (Å²) in [4.78, 5) is 35.7. The zero-order chi connectivity index (χ0) is 19.9. The topological polar surface area (TPSA) is 87.7 Å². The number of benzene rings is 1. The summed E-state index contributed by atoms with van der Waals surface area (Å²) < 4.78 is 0. The summed E-state index contributed by atoms with van der Waals surface area (Å²) >= 11 is 2.91. The maximum absolute atomic E-state index is 12.3. The van der Waals surface area contributed by atoms with Gasteiger partial charge in [-0.2, -0.15) is 0 Å². The first-order chi connectivity index (χ1) is 13.5. The Morgan fingerprint density at radius 3 is 2.86 bits per heavy atom. The first kappa shape index (κ1) is 20.3. The lowest BCUT2D eigenvalue weighted by molar-refractivity contribution is -0.115. The lowest BCUT2D eigenvalue weighted by Crippen LogP contribution is -2.15. The second-order valence-corrected chi connectivity index (χ2v) is 8.26. The predicted octanol–water partition coefficient (Wildman–Crippen LogP) is 3.96. The number of para-hydroxylation sites is 1. The predicted molar refractivity (Wildman–Crippen MR) is 114 cm³/mol. The summed E-state index contributed by atoms with van der Waals surface area (Å²) in [6, 6.07) is 9.23. The molecule has 3 rings (SSSR count). The first-order valence-corrected chi connectivity index (χ1v) is 10.9. The summed E-state index contributed by atoms with van der Waals surface area (Å²) in [5.74, 6) is 0.509. The van der Waals surface area contributed by atoms with E-state index in [1.165, 1.54) is 23.1 Å². The number of carbonyl (C=O) groups excluding carboxylic acids is 1. The second-order valence-electron chi connectivity index (χ2n) is 6.35. The number of aromatic nitrogens is 3. The third-order valence-electron chi connectivity index (χ3n) is 3.97. The van der Waals surface area contributed by atoms with E-state index in [1.54, 1.807) is 6.07 Å². The number of aryl methyl sites for hydroxylation is 2. The molecule has 2 aromatic heterocycles. The highest BCUT2D eigenvalue weighted by molar-refractivity contribution is 7.98. The van der Waals surface area contributed by atoms with Crippen LogP contribution in [0.1, 0.15) is 35.3 Å². The van der Waals surface area contributed by atoms with Crippen LogP contribution in [0.15, 0.2) is 45.7 Å². The van der Waals surface area contributed by atoms with Crippen LogP contribution in [0.3, 0.4) is 0 Å². The molecule has 0 aliphatic heterocycles. The van der Waals surface area contributed by atoms with Crippen molar-refractivity contribution in [1.29, 1.82) is 0 Å². The van der Waals surface area contributed by atoms with Gasteiger partial charge in [0.2, 0.25) is 5.91 Å². The molecule has 0 spiro atoms. The van der Waals surface area contributed by atoms with Crippen LogP contribution in [0.25, 0.3) is 0 Å². The van der Waals surface area contributed by atoms with Crippen molar-refractivity contribution in [3.05, 3.63) is 68.0 Å². The summed E-state index contributed by atoms with van der Waals surface area (Å²) in [5, 5.41) is 6.23. The molecule has 0 saturated heterocycles. The van der Waals surface area contributed by atoms with Gasteiger partial charge in [-0.25, -0.2) is 9.97 Å². The molecule has 0 saturated carbocycles. The number of rotatable bonds is 8. The fourth-order valence-corrected chi connectivity index (χ4v) is 4.30. The highest BCUT2D eigenvalue weighted by Gasteiger charge is 2.10. The monoisotopic (exact) mass is 414 g/mol. The Morgan fingerprint density at radius 2 is 2.07 bits per heavy atom. The van der Waals surface area contributed by atoms with Crippen LogP contribution in [0.2, 0.25) is 0 Å². The quantitative estimate of drug-likeness (QED) is 0.430. The van der Waals surface area contributed by atoms with Gasteiger partial charge in [0.15, 0.2) is 5.16 Å². The van der Waals surface area contributed by atoms with Gasteiger partial charge in [-0.15, -0.1) is 11.3 Å². The highest BCUT2D eigenvalue weighted by Crippen LogP contribution is 2.21. The Kier molecular flexibility index (Phi) is 7.00. The van der Waals surface area contributed by atoms with Gasteiger partial charge in [-0.05, 0) is 25.0 Å². The van der Waals surface area contributed by atoms with Gasteiger partial charge < -0.3 is 10.3 Å². The summed E-state index contributed by atoms with van der Waals surface area (Å²) in [7, 11) is 0. The minimum absolute atomic E-state index is 0.0823. The SMILES string of the molecule is CCCc1cc(=O)[nH]c(SCc2csc(CC(=O)Nc3ccccc3C)n2)n1. The van der Waals surface area contributed by atoms with Crippen molar-refractivity contribution in [1.82, 2.24) is 15.0 Å². The number of nitrogens with zero attached hydrogens (tertiary/aromatic N) is 2. The normalized spacial score (nSPS) is 10.8. The number of thiazole rings is 1.